The lowest BCUT2D eigenvalue weighted by Gasteiger charge is -2.13. The lowest BCUT2D eigenvalue weighted by atomic mass is 9.93. The van der Waals surface area contributed by atoms with Crippen LogP contribution in [0.15, 0.2) is 36.4 Å². The maximum absolute atomic E-state index is 12.4. The van der Waals surface area contributed by atoms with Crippen molar-refractivity contribution in [3.05, 3.63) is 58.7 Å². The molecule has 0 unspecified atom stereocenters. The molecule has 1 aliphatic carbocycles. The molecular formula is C20H22N2O2. The summed E-state index contributed by atoms with van der Waals surface area (Å²) in [6, 6.07) is 11.0. The minimum Gasteiger partial charge on any atom is -0.366 e. The summed E-state index contributed by atoms with van der Waals surface area (Å²) in [7, 11) is 0. The zero-order valence-corrected chi connectivity index (χ0v) is 14.1. The minimum atomic E-state index is -0.442. The Morgan fingerprint density at radius 2 is 1.75 bits per heavy atom. The highest BCUT2D eigenvalue weighted by Crippen LogP contribution is 2.29. The smallest absolute Gasteiger partial charge is 0.251 e. The van der Waals surface area contributed by atoms with E-state index in [1.165, 1.54) is 12.8 Å². The molecular weight excluding hydrogens is 300 g/mol. The largest absolute Gasteiger partial charge is 0.366 e. The maximum atomic E-state index is 12.4. The van der Waals surface area contributed by atoms with E-state index >= 15 is 0 Å². The van der Waals surface area contributed by atoms with Gasteiger partial charge in [0.15, 0.2) is 0 Å². The van der Waals surface area contributed by atoms with Gasteiger partial charge in [-0.25, -0.2) is 0 Å². The number of nitrogens with one attached hydrogen (secondary N) is 1. The summed E-state index contributed by atoms with van der Waals surface area (Å²) in [5.41, 5.74) is 10.6. The molecule has 3 N–H and O–H groups in total. The topological polar surface area (TPSA) is 72.2 Å². The van der Waals surface area contributed by atoms with Crippen molar-refractivity contribution >= 4 is 11.8 Å². The molecule has 2 aromatic carbocycles. The Kier molecular flexibility index (Phi) is 4.38. The number of carbonyl (C=O) groups excluding carboxylic acids is 2. The van der Waals surface area contributed by atoms with Crippen LogP contribution in [0.4, 0.5) is 0 Å². The van der Waals surface area contributed by atoms with Crippen LogP contribution in [0, 0.1) is 19.8 Å². The number of primary amides is 1. The Balaban J connectivity index is 1.91. The number of aryl methyl sites for hydroxylation is 1. The van der Waals surface area contributed by atoms with E-state index in [0.717, 1.165) is 28.8 Å². The lowest BCUT2D eigenvalue weighted by molar-refractivity contribution is 0.0950. The fourth-order valence-corrected chi connectivity index (χ4v) is 2.77. The highest BCUT2D eigenvalue weighted by Gasteiger charge is 2.22. The molecule has 0 aromatic heterocycles. The first-order valence-corrected chi connectivity index (χ1v) is 8.25. The van der Waals surface area contributed by atoms with Crippen LogP contribution in [-0.2, 0) is 0 Å². The molecule has 1 aliphatic rings. The summed E-state index contributed by atoms with van der Waals surface area (Å²) >= 11 is 0. The summed E-state index contributed by atoms with van der Waals surface area (Å²) in [6.45, 7) is 4.81. The highest BCUT2D eigenvalue weighted by atomic mass is 16.2. The predicted octanol–water partition coefficient (Wildman–Crippen LogP) is 3.21. The quantitative estimate of drug-likeness (QED) is 0.887. The van der Waals surface area contributed by atoms with Gasteiger partial charge in [0.25, 0.3) is 5.91 Å². The fraction of sp³-hybridized carbons (Fsp3) is 0.300. The molecule has 4 nitrogen and oxygen atoms in total. The van der Waals surface area contributed by atoms with Gasteiger partial charge in [0.2, 0.25) is 5.91 Å². The highest BCUT2D eigenvalue weighted by molar-refractivity contribution is 5.96. The molecule has 2 aromatic rings. The summed E-state index contributed by atoms with van der Waals surface area (Å²) in [5, 5.41) is 3.01. The Hall–Kier alpha value is -2.62. The fourth-order valence-electron chi connectivity index (χ4n) is 2.77. The molecule has 0 spiro atoms. The van der Waals surface area contributed by atoms with E-state index in [1.54, 1.807) is 12.1 Å². The van der Waals surface area contributed by atoms with E-state index in [-0.39, 0.29) is 5.91 Å². The normalized spacial score (nSPS) is 13.6. The SMILES string of the molecule is Cc1cc(C(=O)NCC2CC2)cc(-c2ccc(C(N)=O)cc2)c1C. The van der Waals surface area contributed by atoms with Gasteiger partial charge in [-0.1, -0.05) is 12.1 Å². The zero-order valence-electron chi connectivity index (χ0n) is 14.1. The number of nitrogens with two attached hydrogens (primary N) is 1. The number of hydrogen-bond donors (Lipinski definition) is 2. The van der Waals surface area contributed by atoms with Gasteiger partial charge in [-0.3, -0.25) is 9.59 Å². The van der Waals surface area contributed by atoms with E-state index in [0.29, 0.717) is 17.0 Å². The van der Waals surface area contributed by atoms with Gasteiger partial charge in [0.1, 0.15) is 0 Å². The summed E-state index contributed by atoms with van der Waals surface area (Å²) in [4.78, 5) is 23.6. The predicted molar refractivity (Wildman–Crippen MR) is 94.9 cm³/mol. The van der Waals surface area contributed by atoms with Crippen LogP contribution in [0.3, 0.4) is 0 Å². The van der Waals surface area contributed by atoms with Crippen molar-refractivity contribution in [1.82, 2.24) is 5.32 Å². The second-order valence-electron chi connectivity index (χ2n) is 6.56. The Bertz CT molecular complexity index is 790. The Morgan fingerprint density at radius 3 is 2.33 bits per heavy atom. The second-order valence-corrected chi connectivity index (χ2v) is 6.56. The summed E-state index contributed by atoms with van der Waals surface area (Å²) in [6.07, 6.45) is 2.43. The molecule has 1 saturated carbocycles. The molecule has 0 radical (unpaired) electrons. The molecule has 124 valence electrons. The summed E-state index contributed by atoms with van der Waals surface area (Å²) < 4.78 is 0. The van der Waals surface area contributed by atoms with E-state index in [9.17, 15) is 9.59 Å². The van der Waals surface area contributed by atoms with Crippen LogP contribution in [0.5, 0.6) is 0 Å². The molecule has 4 heteroatoms. The van der Waals surface area contributed by atoms with Gasteiger partial charge < -0.3 is 11.1 Å². The second kappa shape index (κ2) is 6.48. The van der Waals surface area contributed by atoms with Crippen molar-refractivity contribution in [2.24, 2.45) is 11.7 Å². The first-order chi connectivity index (χ1) is 11.5. The monoisotopic (exact) mass is 322 g/mol. The van der Waals surface area contributed by atoms with Crippen LogP contribution >= 0.6 is 0 Å². The average Bonchev–Trinajstić information content (AvgIpc) is 3.39. The van der Waals surface area contributed by atoms with Crippen LogP contribution in [-0.4, -0.2) is 18.4 Å². The third-order valence-electron chi connectivity index (χ3n) is 4.66. The van der Waals surface area contributed by atoms with Gasteiger partial charge in [-0.2, -0.15) is 0 Å². The molecule has 1 fully saturated rings. The third kappa shape index (κ3) is 3.48. The van der Waals surface area contributed by atoms with Crippen molar-refractivity contribution in [2.45, 2.75) is 26.7 Å². The van der Waals surface area contributed by atoms with E-state index in [4.69, 9.17) is 5.73 Å². The van der Waals surface area contributed by atoms with E-state index in [2.05, 4.69) is 5.32 Å². The molecule has 0 heterocycles. The van der Waals surface area contributed by atoms with Gasteiger partial charge in [0, 0.05) is 17.7 Å². The standard InChI is InChI=1S/C20H22N2O2/c1-12-9-17(20(24)22-11-14-3-4-14)10-18(13(12)2)15-5-7-16(8-6-15)19(21)23/h5-10,14H,3-4,11H2,1-2H3,(H2,21,23)(H,22,24). The van der Waals surface area contributed by atoms with Crippen molar-refractivity contribution in [3.63, 3.8) is 0 Å². The van der Waals surface area contributed by atoms with Gasteiger partial charge >= 0.3 is 0 Å². The van der Waals surface area contributed by atoms with Crippen LogP contribution in [0.25, 0.3) is 11.1 Å². The maximum Gasteiger partial charge on any atom is 0.251 e. The zero-order chi connectivity index (χ0) is 17.3. The summed E-state index contributed by atoms with van der Waals surface area (Å²) in [5.74, 6) is 0.184. The molecule has 0 aliphatic heterocycles. The van der Waals surface area contributed by atoms with Crippen LogP contribution < -0.4 is 11.1 Å². The molecule has 3 rings (SSSR count). The van der Waals surface area contributed by atoms with Gasteiger partial charge in [0.05, 0.1) is 0 Å². The van der Waals surface area contributed by atoms with Crippen molar-refractivity contribution in [3.8, 4) is 11.1 Å². The molecule has 0 saturated heterocycles. The van der Waals surface area contributed by atoms with E-state index in [1.807, 2.05) is 38.1 Å². The molecule has 2 amide bonds. The number of benzene rings is 2. The Morgan fingerprint density at radius 1 is 1.08 bits per heavy atom. The van der Waals surface area contributed by atoms with Gasteiger partial charge in [-0.05, 0) is 79.1 Å². The van der Waals surface area contributed by atoms with Crippen molar-refractivity contribution in [2.75, 3.05) is 6.54 Å². The van der Waals surface area contributed by atoms with E-state index < -0.39 is 5.91 Å². The third-order valence-corrected chi connectivity index (χ3v) is 4.66. The minimum absolute atomic E-state index is 0.0278. The first kappa shape index (κ1) is 16.2. The molecule has 0 bridgehead atoms. The molecule has 24 heavy (non-hydrogen) atoms. The average molecular weight is 322 g/mol. The van der Waals surface area contributed by atoms with Crippen LogP contribution in [0.1, 0.15) is 44.7 Å². The van der Waals surface area contributed by atoms with Crippen molar-refractivity contribution in [1.29, 1.82) is 0 Å². The Labute approximate surface area is 142 Å². The van der Waals surface area contributed by atoms with Gasteiger partial charge in [-0.15, -0.1) is 0 Å². The molecule has 0 atom stereocenters. The number of amides is 2. The van der Waals surface area contributed by atoms with Crippen molar-refractivity contribution < 1.29 is 9.59 Å². The first-order valence-electron chi connectivity index (χ1n) is 8.25. The number of hydrogen-bond acceptors (Lipinski definition) is 2. The van der Waals surface area contributed by atoms with Crippen LogP contribution in [0.2, 0.25) is 0 Å². The number of carbonyl (C=O) groups is 2. The lowest BCUT2D eigenvalue weighted by Crippen LogP contribution is -2.25. The number of rotatable bonds is 5.